The van der Waals surface area contributed by atoms with E-state index in [4.69, 9.17) is 16.6 Å². The molecule has 0 fully saturated rings. The zero-order valence-corrected chi connectivity index (χ0v) is 20.8. The zero-order chi connectivity index (χ0) is 24.1. The molecule has 6 nitrogen and oxygen atoms in total. The van der Waals surface area contributed by atoms with Crippen molar-refractivity contribution < 1.29 is 9.59 Å². The number of hydrogen-bond donors (Lipinski definition) is 1. The summed E-state index contributed by atoms with van der Waals surface area (Å²) < 4.78 is 1.92. The third-order valence-corrected chi connectivity index (χ3v) is 6.58. The Morgan fingerprint density at radius 1 is 1.00 bits per heavy atom. The second-order valence-corrected chi connectivity index (χ2v) is 8.94. The normalized spacial score (nSPS) is 14.0. The number of imidazole rings is 1. The van der Waals surface area contributed by atoms with Crippen molar-refractivity contribution in [1.29, 1.82) is 0 Å². The Morgan fingerprint density at radius 2 is 1.61 bits per heavy atom. The van der Waals surface area contributed by atoms with Crippen molar-refractivity contribution in [3.63, 3.8) is 0 Å². The van der Waals surface area contributed by atoms with Crippen LogP contribution in [0.15, 0.2) is 48.5 Å². The number of rotatable bonds is 9. The van der Waals surface area contributed by atoms with Gasteiger partial charge in [-0.15, -0.1) is 0 Å². The van der Waals surface area contributed by atoms with E-state index in [1.165, 1.54) is 0 Å². The van der Waals surface area contributed by atoms with Crippen LogP contribution in [0.25, 0.3) is 11.0 Å². The molecule has 1 heterocycles. The summed E-state index contributed by atoms with van der Waals surface area (Å²) in [5, 5.41) is 3.39. The van der Waals surface area contributed by atoms with Gasteiger partial charge in [-0.2, -0.15) is 0 Å². The molecule has 2 aromatic carbocycles. The number of nitrogens with zero attached hydrogens (tertiary/aromatic N) is 3. The fraction of sp³-hybridized carbons (Fsp3) is 0.423. The van der Waals surface area contributed by atoms with Crippen LogP contribution in [0.4, 0.5) is 0 Å². The lowest BCUT2D eigenvalue weighted by Gasteiger charge is -2.34. The molecule has 176 valence electrons. The first kappa shape index (κ1) is 24.8. The maximum absolute atomic E-state index is 13.5. The SMILES string of the molecule is CCC(C)N(C(=O)Cn1c(C(C)NC(=O)c2ccccc2Cl)nc2ccccc21)C(C)CC. The van der Waals surface area contributed by atoms with Crippen LogP contribution in [0.1, 0.15) is 69.7 Å². The molecule has 0 aliphatic rings. The third kappa shape index (κ3) is 5.38. The van der Waals surface area contributed by atoms with Crippen LogP contribution in [0.2, 0.25) is 5.02 Å². The van der Waals surface area contributed by atoms with E-state index in [-0.39, 0.29) is 30.4 Å². The van der Waals surface area contributed by atoms with Crippen LogP contribution in [-0.4, -0.2) is 38.3 Å². The summed E-state index contributed by atoms with van der Waals surface area (Å²) in [6.45, 7) is 10.4. The highest BCUT2D eigenvalue weighted by Crippen LogP contribution is 2.23. The lowest BCUT2D eigenvalue weighted by atomic mass is 10.1. The maximum Gasteiger partial charge on any atom is 0.253 e. The van der Waals surface area contributed by atoms with Gasteiger partial charge in [0.15, 0.2) is 0 Å². The Balaban J connectivity index is 1.94. The van der Waals surface area contributed by atoms with Crippen LogP contribution in [0, 0.1) is 0 Å². The lowest BCUT2D eigenvalue weighted by Crippen LogP contribution is -2.46. The molecule has 3 rings (SSSR count). The van der Waals surface area contributed by atoms with E-state index in [1.807, 2.05) is 40.7 Å². The van der Waals surface area contributed by atoms with Gasteiger partial charge in [0, 0.05) is 12.1 Å². The summed E-state index contributed by atoms with van der Waals surface area (Å²) in [5.41, 5.74) is 2.06. The lowest BCUT2D eigenvalue weighted by molar-refractivity contribution is -0.136. The highest BCUT2D eigenvalue weighted by molar-refractivity contribution is 6.33. The molecule has 0 spiro atoms. The van der Waals surface area contributed by atoms with Crippen LogP contribution in [-0.2, 0) is 11.3 Å². The topological polar surface area (TPSA) is 67.2 Å². The molecule has 0 saturated carbocycles. The Labute approximate surface area is 200 Å². The number of aromatic nitrogens is 2. The van der Waals surface area contributed by atoms with E-state index in [0.717, 1.165) is 23.9 Å². The predicted molar refractivity (Wildman–Crippen MR) is 133 cm³/mol. The number of nitrogens with one attached hydrogen (secondary N) is 1. The monoisotopic (exact) mass is 468 g/mol. The first-order valence-corrected chi connectivity index (χ1v) is 12.0. The van der Waals surface area contributed by atoms with Gasteiger partial charge in [0.2, 0.25) is 5.91 Å². The molecule has 33 heavy (non-hydrogen) atoms. The number of fused-ring (bicyclic) bond motifs is 1. The summed E-state index contributed by atoms with van der Waals surface area (Å²) >= 11 is 6.20. The predicted octanol–water partition coefficient (Wildman–Crippen LogP) is 5.61. The summed E-state index contributed by atoms with van der Waals surface area (Å²) in [7, 11) is 0. The Morgan fingerprint density at radius 3 is 2.24 bits per heavy atom. The van der Waals surface area contributed by atoms with Gasteiger partial charge < -0.3 is 14.8 Å². The smallest absolute Gasteiger partial charge is 0.253 e. The Kier molecular flexibility index (Phi) is 8.14. The molecule has 3 aromatic rings. The fourth-order valence-electron chi connectivity index (χ4n) is 4.11. The minimum atomic E-state index is -0.422. The van der Waals surface area contributed by atoms with Gasteiger partial charge in [-0.25, -0.2) is 4.98 Å². The molecule has 0 radical (unpaired) electrons. The Hall–Kier alpha value is -2.86. The van der Waals surface area contributed by atoms with Gasteiger partial charge >= 0.3 is 0 Å². The number of benzene rings is 2. The molecule has 2 amide bonds. The van der Waals surface area contributed by atoms with Gasteiger partial charge in [0.25, 0.3) is 5.91 Å². The van der Waals surface area contributed by atoms with Crippen molar-refractivity contribution in [3.05, 3.63) is 64.9 Å². The van der Waals surface area contributed by atoms with Gasteiger partial charge in [0.1, 0.15) is 12.4 Å². The number of halogens is 1. The van der Waals surface area contributed by atoms with E-state index in [0.29, 0.717) is 16.4 Å². The van der Waals surface area contributed by atoms with Crippen molar-refractivity contribution in [1.82, 2.24) is 19.8 Å². The van der Waals surface area contributed by atoms with Gasteiger partial charge in [-0.3, -0.25) is 9.59 Å². The molecular formula is C26H33ClN4O2. The summed E-state index contributed by atoms with van der Waals surface area (Å²) in [6, 6.07) is 14.5. The molecule has 3 atom stereocenters. The summed E-state index contributed by atoms with van der Waals surface area (Å²) in [5.74, 6) is 0.407. The molecule has 1 N–H and O–H groups in total. The molecule has 7 heteroatoms. The molecule has 3 unspecified atom stereocenters. The average Bonchev–Trinajstić information content (AvgIpc) is 3.17. The fourth-order valence-corrected chi connectivity index (χ4v) is 4.33. The zero-order valence-electron chi connectivity index (χ0n) is 20.0. The van der Waals surface area contributed by atoms with Crippen molar-refractivity contribution >= 4 is 34.4 Å². The quantitative estimate of drug-likeness (QED) is 0.444. The first-order chi connectivity index (χ1) is 15.8. The van der Waals surface area contributed by atoms with Crippen molar-refractivity contribution in [2.45, 2.75) is 72.1 Å². The highest BCUT2D eigenvalue weighted by atomic mass is 35.5. The average molecular weight is 469 g/mol. The standard InChI is InChI=1S/C26H33ClN4O2/c1-6-17(3)31(18(4)7-2)24(32)16-30-23-15-11-10-14-22(23)29-25(30)19(5)28-26(33)20-12-8-9-13-21(20)27/h8-15,17-19H,6-7,16H2,1-5H3,(H,28,33). The van der Waals surface area contributed by atoms with Crippen LogP contribution >= 0.6 is 11.6 Å². The second-order valence-electron chi connectivity index (χ2n) is 8.54. The number of carbonyl (C=O) groups excluding carboxylic acids is 2. The molecule has 0 aliphatic carbocycles. The third-order valence-electron chi connectivity index (χ3n) is 6.25. The van der Waals surface area contributed by atoms with Crippen LogP contribution in [0.5, 0.6) is 0 Å². The molecular weight excluding hydrogens is 436 g/mol. The molecule has 0 aliphatic heterocycles. The van der Waals surface area contributed by atoms with E-state index >= 15 is 0 Å². The van der Waals surface area contributed by atoms with Gasteiger partial charge in [-0.05, 0) is 57.9 Å². The minimum absolute atomic E-state index is 0.0488. The Bertz CT molecular complexity index is 1120. The second kappa shape index (κ2) is 10.8. The summed E-state index contributed by atoms with van der Waals surface area (Å²) in [4.78, 5) is 33.1. The van der Waals surface area contributed by atoms with Crippen molar-refractivity contribution in [3.8, 4) is 0 Å². The largest absolute Gasteiger partial charge is 0.342 e. The van der Waals surface area contributed by atoms with Crippen LogP contribution in [0.3, 0.4) is 0 Å². The number of hydrogen-bond acceptors (Lipinski definition) is 3. The first-order valence-electron chi connectivity index (χ1n) is 11.6. The van der Waals surface area contributed by atoms with E-state index in [9.17, 15) is 9.59 Å². The van der Waals surface area contributed by atoms with E-state index in [1.54, 1.807) is 24.3 Å². The van der Waals surface area contributed by atoms with Crippen molar-refractivity contribution in [2.24, 2.45) is 0 Å². The molecule has 0 bridgehead atoms. The van der Waals surface area contributed by atoms with E-state index < -0.39 is 6.04 Å². The van der Waals surface area contributed by atoms with E-state index in [2.05, 4.69) is 33.0 Å². The molecule has 0 saturated heterocycles. The van der Waals surface area contributed by atoms with Gasteiger partial charge in [0.05, 0.1) is 27.7 Å². The van der Waals surface area contributed by atoms with Crippen LogP contribution < -0.4 is 5.32 Å². The number of para-hydroxylation sites is 2. The molecule has 1 aromatic heterocycles. The summed E-state index contributed by atoms with van der Waals surface area (Å²) in [6.07, 6.45) is 1.77. The minimum Gasteiger partial charge on any atom is -0.342 e. The van der Waals surface area contributed by atoms with Crippen molar-refractivity contribution in [2.75, 3.05) is 0 Å². The van der Waals surface area contributed by atoms with Gasteiger partial charge in [-0.1, -0.05) is 49.7 Å². The maximum atomic E-state index is 13.5. The number of amides is 2. The highest BCUT2D eigenvalue weighted by Gasteiger charge is 2.27. The number of carbonyl (C=O) groups is 2.